The first kappa shape index (κ1) is 58.3. The van der Waals surface area contributed by atoms with Crippen molar-refractivity contribution in [3.05, 3.63) is 134 Å². The van der Waals surface area contributed by atoms with Gasteiger partial charge in [-0.15, -0.1) is 0 Å². The summed E-state index contributed by atoms with van der Waals surface area (Å²) < 4.78 is 22.8. The number of hydrogen-bond donors (Lipinski definition) is 4. The molecule has 1 rings (SSSR count). The molecule has 0 spiro atoms. The standard InChI is InChI=1S/C55H86O9/c1-3-5-7-9-11-13-15-17-19-21-23-24-25-26-27-28-30-32-34-36-38-40-42-44-51(57)63-49(48-62-55-54(60)53(59)52(58)50(46-56)64-55)47-61-45-43-41-39-37-35-33-31-29-22-20-18-16-14-12-10-8-6-4-2/h5-8,11-14,17-20,23-24,26-27,29-32,35,37,49-50,52-56,58-60H,3-4,9-10,15-16,21-22,25,28,33-34,36,38-48H2,1-2H3/b7-5-,8-6-,13-11-,14-12-,19-17-,20-18-,24-23-,27-26-,31-29-,32-30-,37-35-. The third kappa shape index (κ3) is 34.7. The summed E-state index contributed by atoms with van der Waals surface area (Å²) in [6.45, 7) is 4.15. The van der Waals surface area contributed by atoms with Crippen molar-refractivity contribution in [3.8, 4) is 0 Å². The van der Waals surface area contributed by atoms with Gasteiger partial charge in [0.1, 0.15) is 30.5 Å². The number of carbonyl (C=O) groups is 1. The average Bonchev–Trinajstić information content (AvgIpc) is 3.30. The van der Waals surface area contributed by atoms with Crippen LogP contribution in [0.2, 0.25) is 0 Å². The SMILES string of the molecule is CC/C=C\C/C=C\C/C=C\C/C=C\C/C=C\C/C=C\CCCCCCC(=O)OC(COCCCC/C=C\C/C=C\C/C=C\C/C=C\C/C=C\CC)COC1OC(CO)C(O)C(O)C1O. The van der Waals surface area contributed by atoms with E-state index in [4.69, 9.17) is 18.9 Å². The van der Waals surface area contributed by atoms with Crippen LogP contribution < -0.4 is 0 Å². The third-order valence-electron chi connectivity index (χ3n) is 10.1. The van der Waals surface area contributed by atoms with E-state index in [1.54, 1.807) is 0 Å². The second kappa shape index (κ2) is 44.5. The van der Waals surface area contributed by atoms with Gasteiger partial charge in [0.05, 0.1) is 19.8 Å². The maximum absolute atomic E-state index is 12.8. The summed E-state index contributed by atoms with van der Waals surface area (Å²) in [5, 5.41) is 40.2. The summed E-state index contributed by atoms with van der Waals surface area (Å²) in [5.74, 6) is -0.360. The number of ether oxygens (including phenoxy) is 4. The summed E-state index contributed by atoms with van der Waals surface area (Å²) >= 11 is 0. The van der Waals surface area contributed by atoms with Crippen LogP contribution in [0.25, 0.3) is 0 Å². The highest BCUT2D eigenvalue weighted by atomic mass is 16.7. The second-order valence-electron chi connectivity index (χ2n) is 15.8. The van der Waals surface area contributed by atoms with Crippen LogP contribution in [0.3, 0.4) is 0 Å². The van der Waals surface area contributed by atoms with E-state index in [1.165, 1.54) is 0 Å². The molecule has 0 bridgehead atoms. The first-order valence-corrected chi connectivity index (χ1v) is 24.3. The van der Waals surface area contributed by atoms with E-state index >= 15 is 0 Å². The molecule has 0 aromatic heterocycles. The number of carbonyl (C=O) groups excluding carboxylic acids is 1. The fourth-order valence-electron chi connectivity index (χ4n) is 6.34. The normalized spacial score (nSPS) is 20.8. The van der Waals surface area contributed by atoms with Gasteiger partial charge in [0.25, 0.3) is 0 Å². The zero-order valence-corrected chi connectivity index (χ0v) is 39.5. The van der Waals surface area contributed by atoms with Gasteiger partial charge in [-0.3, -0.25) is 4.79 Å². The molecule has 6 unspecified atom stereocenters. The Balaban J connectivity index is 2.31. The second-order valence-corrected chi connectivity index (χ2v) is 15.8. The van der Waals surface area contributed by atoms with Crippen molar-refractivity contribution in [2.75, 3.05) is 26.4 Å². The molecule has 0 aromatic carbocycles. The molecule has 0 amide bonds. The molecule has 1 saturated heterocycles. The Morgan fingerprint density at radius 2 is 0.906 bits per heavy atom. The van der Waals surface area contributed by atoms with Crippen molar-refractivity contribution >= 4 is 5.97 Å². The summed E-state index contributed by atoms with van der Waals surface area (Å²) in [5.41, 5.74) is 0. The van der Waals surface area contributed by atoms with Crippen molar-refractivity contribution in [3.63, 3.8) is 0 Å². The predicted octanol–water partition coefficient (Wildman–Crippen LogP) is 11.7. The van der Waals surface area contributed by atoms with Crippen LogP contribution in [0.4, 0.5) is 0 Å². The molecular weight excluding hydrogens is 805 g/mol. The lowest BCUT2D eigenvalue weighted by atomic mass is 9.99. The van der Waals surface area contributed by atoms with Crippen LogP contribution in [0.5, 0.6) is 0 Å². The Hall–Kier alpha value is -3.67. The van der Waals surface area contributed by atoms with Crippen molar-refractivity contribution < 1.29 is 44.2 Å². The van der Waals surface area contributed by atoms with Crippen LogP contribution in [0.1, 0.15) is 142 Å². The molecule has 64 heavy (non-hydrogen) atoms. The van der Waals surface area contributed by atoms with E-state index in [0.29, 0.717) is 13.0 Å². The first-order chi connectivity index (χ1) is 31.4. The lowest BCUT2D eigenvalue weighted by Gasteiger charge is -2.39. The number of aliphatic hydroxyl groups is 4. The highest BCUT2D eigenvalue weighted by Crippen LogP contribution is 2.22. The van der Waals surface area contributed by atoms with Crippen molar-refractivity contribution in [1.29, 1.82) is 0 Å². The number of unbranched alkanes of at least 4 members (excludes halogenated alkanes) is 6. The number of allylic oxidation sites excluding steroid dienone is 22. The summed E-state index contributed by atoms with van der Waals surface area (Å²) in [4.78, 5) is 12.8. The molecule has 9 heteroatoms. The maximum Gasteiger partial charge on any atom is 0.306 e. The van der Waals surface area contributed by atoms with Crippen molar-refractivity contribution in [2.24, 2.45) is 0 Å². The van der Waals surface area contributed by atoms with Gasteiger partial charge in [-0.05, 0) is 109 Å². The number of esters is 1. The topological polar surface area (TPSA) is 135 Å². The zero-order valence-electron chi connectivity index (χ0n) is 39.5. The Labute approximate surface area is 388 Å². The van der Waals surface area contributed by atoms with Crippen molar-refractivity contribution in [1.82, 2.24) is 0 Å². The van der Waals surface area contributed by atoms with Gasteiger partial charge in [-0.25, -0.2) is 0 Å². The van der Waals surface area contributed by atoms with Gasteiger partial charge in [-0.1, -0.05) is 160 Å². The van der Waals surface area contributed by atoms with Gasteiger partial charge >= 0.3 is 5.97 Å². The number of rotatable bonds is 39. The lowest BCUT2D eigenvalue weighted by molar-refractivity contribution is -0.305. The van der Waals surface area contributed by atoms with Crippen LogP contribution in [-0.2, 0) is 23.7 Å². The molecule has 6 atom stereocenters. The molecule has 1 aliphatic rings. The first-order valence-electron chi connectivity index (χ1n) is 24.3. The minimum absolute atomic E-state index is 0.0940. The monoisotopic (exact) mass is 891 g/mol. The molecule has 9 nitrogen and oxygen atoms in total. The van der Waals surface area contributed by atoms with Crippen LogP contribution in [0.15, 0.2) is 134 Å². The third-order valence-corrected chi connectivity index (χ3v) is 10.1. The van der Waals surface area contributed by atoms with Crippen LogP contribution in [-0.4, -0.2) is 89.6 Å². The molecule has 1 aliphatic heterocycles. The Morgan fingerprint density at radius 3 is 1.34 bits per heavy atom. The Kier molecular flexibility index (Phi) is 40.6. The smallest absolute Gasteiger partial charge is 0.306 e. The lowest BCUT2D eigenvalue weighted by Crippen LogP contribution is -2.59. The summed E-state index contributed by atoms with van der Waals surface area (Å²) in [7, 11) is 0. The zero-order chi connectivity index (χ0) is 46.4. The molecule has 0 radical (unpaired) electrons. The molecule has 1 heterocycles. The molecule has 4 N–H and O–H groups in total. The number of hydrogen-bond acceptors (Lipinski definition) is 9. The van der Waals surface area contributed by atoms with E-state index in [9.17, 15) is 25.2 Å². The fourth-order valence-corrected chi connectivity index (χ4v) is 6.34. The Bertz CT molecular complexity index is 1430. The fraction of sp³-hybridized carbons (Fsp3) is 0.582. The minimum Gasteiger partial charge on any atom is -0.457 e. The van der Waals surface area contributed by atoms with E-state index in [2.05, 4.69) is 148 Å². The largest absolute Gasteiger partial charge is 0.457 e. The summed E-state index contributed by atoms with van der Waals surface area (Å²) in [6, 6.07) is 0. The molecule has 0 aliphatic carbocycles. The Morgan fingerprint density at radius 1 is 0.500 bits per heavy atom. The van der Waals surface area contributed by atoms with E-state index < -0.39 is 43.4 Å². The number of aliphatic hydroxyl groups excluding tert-OH is 4. The van der Waals surface area contributed by atoms with Crippen molar-refractivity contribution in [2.45, 2.75) is 179 Å². The summed E-state index contributed by atoms with van der Waals surface area (Å²) in [6.07, 6.45) is 59.1. The predicted molar refractivity (Wildman–Crippen MR) is 265 cm³/mol. The molecule has 360 valence electrons. The minimum atomic E-state index is -1.56. The molecule has 1 fully saturated rings. The van der Waals surface area contributed by atoms with Gasteiger partial charge in [-0.2, -0.15) is 0 Å². The highest BCUT2D eigenvalue weighted by molar-refractivity contribution is 5.69. The molecular formula is C55H86O9. The van der Waals surface area contributed by atoms with Gasteiger partial charge < -0.3 is 39.4 Å². The average molecular weight is 891 g/mol. The van der Waals surface area contributed by atoms with E-state index in [-0.39, 0.29) is 25.6 Å². The highest BCUT2D eigenvalue weighted by Gasteiger charge is 2.44. The van der Waals surface area contributed by atoms with Gasteiger partial charge in [0, 0.05) is 13.0 Å². The van der Waals surface area contributed by atoms with Crippen LogP contribution in [0, 0.1) is 0 Å². The van der Waals surface area contributed by atoms with Gasteiger partial charge in [0.2, 0.25) is 0 Å². The molecule has 0 aromatic rings. The van der Waals surface area contributed by atoms with Crippen LogP contribution >= 0.6 is 0 Å². The van der Waals surface area contributed by atoms with Gasteiger partial charge in [0.15, 0.2) is 6.29 Å². The van der Waals surface area contributed by atoms with E-state index in [1.807, 2.05) is 0 Å². The maximum atomic E-state index is 12.8. The van der Waals surface area contributed by atoms with E-state index in [0.717, 1.165) is 116 Å². The quantitative estimate of drug-likeness (QED) is 0.0270. The molecule has 0 saturated carbocycles.